The fraction of sp³-hybridized carbons (Fsp3) is 0.552. The number of aliphatic hydroxyl groups excluding tert-OH is 2. The van der Waals surface area contributed by atoms with E-state index in [1.807, 2.05) is 60.7 Å². The van der Waals surface area contributed by atoms with Gasteiger partial charge < -0.3 is 33.9 Å². The van der Waals surface area contributed by atoms with Crippen molar-refractivity contribution in [2.45, 2.75) is 76.5 Å². The summed E-state index contributed by atoms with van der Waals surface area (Å²) in [5.74, 6) is -1.50. The van der Waals surface area contributed by atoms with Gasteiger partial charge in [0.25, 0.3) is 0 Å². The summed E-state index contributed by atoms with van der Waals surface area (Å²) in [6.45, 7) is 5.97. The molecule has 2 aromatic carbocycles. The quantitative estimate of drug-likeness (QED) is 0.265. The average Bonchev–Trinajstić information content (AvgIpc) is 3.21. The zero-order valence-electron chi connectivity index (χ0n) is 22.7. The third-order valence-corrected chi connectivity index (χ3v) is 6.39. The number of ether oxygens (including phenoxy) is 5. The molecule has 0 aromatic heterocycles. The van der Waals surface area contributed by atoms with Crippen LogP contribution in [0.15, 0.2) is 60.7 Å². The van der Waals surface area contributed by atoms with Crippen LogP contribution >= 0.6 is 0 Å². The lowest BCUT2D eigenvalue weighted by Gasteiger charge is -2.42. The number of rotatable bonds is 15. The molecule has 0 amide bonds. The fourth-order valence-electron chi connectivity index (χ4n) is 4.90. The van der Waals surface area contributed by atoms with Gasteiger partial charge in [-0.15, -0.1) is 0 Å². The van der Waals surface area contributed by atoms with E-state index >= 15 is 0 Å². The Morgan fingerprint density at radius 2 is 1.61 bits per heavy atom. The van der Waals surface area contributed by atoms with Gasteiger partial charge in [0, 0.05) is 20.2 Å². The van der Waals surface area contributed by atoms with Crippen molar-refractivity contribution in [1.82, 2.24) is 4.90 Å². The molecule has 38 heavy (non-hydrogen) atoms. The number of esters is 1. The first-order chi connectivity index (χ1) is 18.3. The Labute approximate surface area is 225 Å². The molecule has 1 aliphatic heterocycles. The Morgan fingerprint density at radius 3 is 2.11 bits per heavy atom. The summed E-state index contributed by atoms with van der Waals surface area (Å²) in [7, 11) is 1.51. The third-order valence-electron chi connectivity index (χ3n) is 6.39. The van der Waals surface area contributed by atoms with E-state index in [1.165, 1.54) is 7.11 Å². The average molecular weight is 532 g/mol. The zero-order chi connectivity index (χ0) is 27.5. The van der Waals surface area contributed by atoms with Gasteiger partial charge in [0.1, 0.15) is 25.1 Å². The van der Waals surface area contributed by atoms with Crippen molar-refractivity contribution >= 4 is 5.97 Å². The molecule has 0 radical (unpaired) electrons. The molecule has 0 saturated carbocycles. The summed E-state index contributed by atoms with van der Waals surface area (Å²) in [4.78, 5) is 14.6. The summed E-state index contributed by atoms with van der Waals surface area (Å²) >= 11 is 0. The second kappa shape index (κ2) is 14.7. The first-order valence-electron chi connectivity index (χ1n) is 13.0. The molecular formula is C29H41NO8. The van der Waals surface area contributed by atoms with Crippen LogP contribution in [0.3, 0.4) is 0 Å². The molecule has 0 bridgehead atoms. The summed E-state index contributed by atoms with van der Waals surface area (Å²) in [5.41, 5.74) is 2.04. The molecule has 0 unspecified atom stereocenters. The normalized spacial score (nSPS) is 21.2. The monoisotopic (exact) mass is 531 g/mol. The number of hydrogen-bond acceptors (Lipinski definition) is 9. The van der Waals surface area contributed by atoms with Crippen LogP contribution in [-0.4, -0.2) is 84.4 Å². The van der Waals surface area contributed by atoms with E-state index in [-0.39, 0.29) is 26.4 Å². The van der Waals surface area contributed by atoms with Gasteiger partial charge in [0.15, 0.2) is 5.79 Å². The minimum absolute atomic E-state index is 0.0871. The first kappa shape index (κ1) is 30.2. The first-order valence-corrected chi connectivity index (χ1v) is 13.0. The van der Waals surface area contributed by atoms with Crippen molar-refractivity contribution in [2.75, 3.05) is 27.1 Å². The van der Waals surface area contributed by atoms with Crippen LogP contribution < -0.4 is 0 Å². The van der Waals surface area contributed by atoms with Crippen molar-refractivity contribution in [3.8, 4) is 0 Å². The van der Waals surface area contributed by atoms with Crippen LogP contribution in [-0.2, 0) is 41.6 Å². The minimum Gasteiger partial charge on any atom is -0.466 e. The van der Waals surface area contributed by atoms with Crippen LogP contribution in [0.1, 0.15) is 38.3 Å². The molecular weight excluding hydrogens is 490 g/mol. The van der Waals surface area contributed by atoms with Crippen molar-refractivity contribution in [3.05, 3.63) is 71.8 Å². The molecule has 2 N–H and O–H groups in total. The Balaban J connectivity index is 2.07. The number of hydrogen-bond donors (Lipinski definition) is 2. The van der Waals surface area contributed by atoms with Crippen LogP contribution in [0.5, 0.6) is 0 Å². The number of benzene rings is 2. The Hall–Kier alpha value is -2.37. The van der Waals surface area contributed by atoms with Gasteiger partial charge in [-0.2, -0.15) is 0 Å². The minimum atomic E-state index is -1.19. The Bertz CT molecular complexity index is 916. The Morgan fingerprint density at radius 1 is 1.03 bits per heavy atom. The maximum Gasteiger partial charge on any atom is 0.308 e. The summed E-state index contributed by atoms with van der Waals surface area (Å²) in [6, 6.07) is 19.0. The lowest BCUT2D eigenvalue weighted by molar-refractivity contribution is -0.192. The van der Waals surface area contributed by atoms with E-state index in [1.54, 1.807) is 20.8 Å². The van der Waals surface area contributed by atoms with Crippen molar-refractivity contribution < 1.29 is 38.7 Å². The highest BCUT2D eigenvalue weighted by Gasteiger charge is 2.50. The van der Waals surface area contributed by atoms with Gasteiger partial charge >= 0.3 is 5.97 Å². The maximum atomic E-state index is 12.5. The van der Waals surface area contributed by atoms with Crippen LogP contribution in [0.25, 0.3) is 0 Å². The third kappa shape index (κ3) is 8.57. The molecule has 1 saturated heterocycles. The largest absolute Gasteiger partial charge is 0.466 e. The maximum absolute atomic E-state index is 12.5. The molecule has 3 rings (SSSR count). The lowest BCUT2D eigenvalue weighted by Crippen LogP contribution is -2.58. The number of methoxy groups -OCH3 is 1. The standard InChI is InChI=1S/C29H41NO8/c1-5-35-25(33)16-23(32)26(28(36-20-34-4)27-24(19-31)37-29(2,3)38-27)30(17-21-12-8-6-9-13-21)18-22-14-10-7-11-15-22/h6-15,23-24,26-28,31-32H,5,16-20H2,1-4H3/t23-,24+,26-,27-,28-/m1/s1. The van der Waals surface area contributed by atoms with Crippen molar-refractivity contribution in [3.63, 3.8) is 0 Å². The van der Waals surface area contributed by atoms with E-state index in [9.17, 15) is 15.0 Å². The van der Waals surface area contributed by atoms with Gasteiger partial charge in [-0.05, 0) is 31.9 Å². The number of carbonyl (C=O) groups is 1. The van der Waals surface area contributed by atoms with Gasteiger partial charge in [-0.25, -0.2) is 0 Å². The fourth-order valence-corrected chi connectivity index (χ4v) is 4.90. The Kier molecular flexibility index (Phi) is 11.7. The van der Waals surface area contributed by atoms with Gasteiger partial charge in [-0.3, -0.25) is 9.69 Å². The second-order valence-corrected chi connectivity index (χ2v) is 9.80. The van der Waals surface area contributed by atoms with Crippen molar-refractivity contribution in [1.29, 1.82) is 0 Å². The molecule has 1 heterocycles. The predicted molar refractivity (Wildman–Crippen MR) is 141 cm³/mol. The van der Waals surface area contributed by atoms with E-state index in [4.69, 9.17) is 23.7 Å². The van der Waals surface area contributed by atoms with E-state index in [0.29, 0.717) is 13.1 Å². The highest BCUT2D eigenvalue weighted by atomic mass is 16.8. The SMILES string of the molecule is CCOC(=O)C[C@@H](O)[C@H]([C@@H](OCOC)[C@@H]1OC(C)(C)O[C@H]1CO)N(Cc1ccccc1)Cc1ccccc1. The van der Waals surface area contributed by atoms with Crippen LogP contribution in [0.4, 0.5) is 0 Å². The summed E-state index contributed by atoms with van der Waals surface area (Å²) < 4.78 is 28.8. The van der Waals surface area contributed by atoms with Gasteiger partial charge in [-0.1, -0.05) is 60.7 Å². The summed E-state index contributed by atoms with van der Waals surface area (Å²) in [5, 5.41) is 21.8. The highest BCUT2D eigenvalue weighted by Crippen LogP contribution is 2.35. The van der Waals surface area contributed by atoms with E-state index in [2.05, 4.69) is 4.90 Å². The topological polar surface area (TPSA) is 107 Å². The molecule has 1 fully saturated rings. The molecule has 9 nitrogen and oxygen atoms in total. The van der Waals surface area contributed by atoms with Crippen molar-refractivity contribution in [2.24, 2.45) is 0 Å². The van der Waals surface area contributed by atoms with E-state index < -0.39 is 42.2 Å². The zero-order valence-corrected chi connectivity index (χ0v) is 22.7. The highest BCUT2D eigenvalue weighted by molar-refractivity contribution is 5.70. The number of nitrogens with zero attached hydrogens (tertiary/aromatic N) is 1. The molecule has 1 aliphatic rings. The van der Waals surface area contributed by atoms with Gasteiger partial charge in [0.2, 0.25) is 0 Å². The summed E-state index contributed by atoms with van der Waals surface area (Å²) in [6.07, 6.45) is -3.71. The van der Waals surface area contributed by atoms with Gasteiger partial charge in [0.05, 0.1) is 31.8 Å². The molecule has 210 valence electrons. The molecule has 2 aromatic rings. The molecule has 5 atom stereocenters. The number of carbonyl (C=O) groups excluding carboxylic acids is 1. The molecule has 9 heteroatoms. The number of aliphatic hydroxyl groups is 2. The molecule has 0 aliphatic carbocycles. The smallest absolute Gasteiger partial charge is 0.308 e. The molecule has 0 spiro atoms. The van der Waals surface area contributed by atoms with Crippen LogP contribution in [0, 0.1) is 0 Å². The van der Waals surface area contributed by atoms with Crippen LogP contribution in [0.2, 0.25) is 0 Å². The second-order valence-electron chi connectivity index (χ2n) is 9.80. The lowest BCUT2D eigenvalue weighted by atomic mass is 9.92. The van der Waals surface area contributed by atoms with E-state index in [0.717, 1.165) is 11.1 Å². The predicted octanol–water partition coefficient (Wildman–Crippen LogP) is 2.87.